The van der Waals surface area contributed by atoms with Crippen molar-refractivity contribution in [2.45, 2.75) is 49.7 Å². The normalized spacial score (nSPS) is 28.9. The van der Waals surface area contributed by atoms with Crippen LogP contribution in [0, 0.1) is 23.1 Å². The SMILES string of the molecule is N#Cc1cnc2c(c1)CC[C@H]2Cc1ccc(F)c([C@@]2(C(F)F)N=C(N)O[C@@H]3C[C@@H]32)c1. The van der Waals surface area contributed by atoms with E-state index in [0.717, 1.165) is 29.7 Å². The van der Waals surface area contributed by atoms with E-state index >= 15 is 0 Å². The summed E-state index contributed by atoms with van der Waals surface area (Å²) in [5.74, 6) is -1.22. The Morgan fingerprint density at radius 1 is 1.33 bits per heavy atom. The second kappa shape index (κ2) is 6.73. The molecule has 3 aliphatic rings. The molecule has 0 amide bonds. The van der Waals surface area contributed by atoms with Crippen LogP contribution < -0.4 is 5.73 Å². The number of halogens is 3. The molecule has 0 spiro atoms. The van der Waals surface area contributed by atoms with Crippen molar-refractivity contribution in [3.8, 4) is 6.07 Å². The van der Waals surface area contributed by atoms with Crippen LogP contribution in [0.5, 0.6) is 0 Å². The van der Waals surface area contributed by atoms with E-state index in [4.69, 9.17) is 15.7 Å². The van der Waals surface area contributed by atoms with Crippen molar-refractivity contribution in [1.29, 1.82) is 5.26 Å². The van der Waals surface area contributed by atoms with E-state index < -0.39 is 29.8 Å². The summed E-state index contributed by atoms with van der Waals surface area (Å²) in [5.41, 5.74) is 6.72. The lowest BCUT2D eigenvalue weighted by Gasteiger charge is -2.33. The number of alkyl halides is 2. The van der Waals surface area contributed by atoms with Crippen LogP contribution in [0.3, 0.4) is 0 Å². The largest absolute Gasteiger partial charge is 0.462 e. The third kappa shape index (κ3) is 2.83. The van der Waals surface area contributed by atoms with Gasteiger partial charge in [0.15, 0.2) is 5.54 Å². The van der Waals surface area contributed by atoms with Crippen LogP contribution >= 0.6 is 0 Å². The van der Waals surface area contributed by atoms with Gasteiger partial charge >= 0.3 is 0 Å². The van der Waals surface area contributed by atoms with Crippen LogP contribution in [-0.4, -0.2) is 23.5 Å². The number of benzene rings is 1. The second-order valence-electron chi connectivity index (χ2n) is 8.21. The molecule has 2 N–H and O–H groups in total. The fourth-order valence-electron chi connectivity index (χ4n) is 4.91. The van der Waals surface area contributed by atoms with Crippen molar-refractivity contribution in [3.63, 3.8) is 0 Å². The van der Waals surface area contributed by atoms with Gasteiger partial charge < -0.3 is 10.5 Å². The first-order chi connectivity index (χ1) is 14.4. The Kier molecular flexibility index (Phi) is 4.24. The van der Waals surface area contributed by atoms with Gasteiger partial charge in [-0.05, 0) is 48.9 Å². The Morgan fingerprint density at radius 3 is 2.93 bits per heavy atom. The van der Waals surface area contributed by atoms with E-state index in [1.165, 1.54) is 12.1 Å². The molecule has 2 aromatic rings. The molecule has 1 aromatic carbocycles. The number of aryl methyl sites for hydroxylation is 1. The number of fused-ring (bicyclic) bond motifs is 2. The van der Waals surface area contributed by atoms with Gasteiger partial charge in [0.2, 0.25) is 0 Å². The summed E-state index contributed by atoms with van der Waals surface area (Å²) < 4.78 is 48.6. The molecule has 0 bridgehead atoms. The van der Waals surface area contributed by atoms with Gasteiger partial charge in [-0.1, -0.05) is 12.1 Å². The molecule has 1 aromatic heterocycles. The molecule has 1 fully saturated rings. The molecule has 2 aliphatic carbocycles. The summed E-state index contributed by atoms with van der Waals surface area (Å²) in [6, 6.07) is 7.97. The highest BCUT2D eigenvalue weighted by molar-refractivity contribution is 5.74. The van der Waals surface area contributed by atoms with Gasteiger partial charge in [-0.3, -0.25) is 4.98 Å². The first-order valence-electron chi connectivity index (χ1n) is 9.90. The molecule has 1 aliphatic heterocycles. The zero-order valence-electron chi connectivity index (χ0n) is 16.0. The number of pyridine rings is 1. The molecule has 1 saturated carbocycles. The van der Waals surface area contributed by atoms with Crippen molar-refractivity contribution >= 4 is 6.02 Å². The Labute approximate surface area is 171 Å². The third-order valence-electron chi connectivity index (χ3n) is 6.42. The van der Waals surface area contributed by atoms with E-state index in [1.54, 1.807) is 12.3 Å². The summed E-state index contributed by atoms with van der Waals surface area (Å²) in [6.45, 7) is 0. The summed E-state index contributed by atoms with van der Waals surface area (Å²) in [4.78, 5) is 8.37. The first kappa shape index (κ1) is 18.9. The number of amidine groups is 1. The highest BCUT2D eigenvalue weighted by Crippen LogP contribution is 2.56. The van der Waals surface area contributed by atoms with E-state index in [2.05, 4.69) is 16.0 Å². The number of rotatable bonds is 4. The molecular weight excluding hydrogens is 393 g/mol. The number of nitrogens with zero attached hydrogens (tertiary/aromatic N) is 3. The topological polar surface area (TPSA) is 84.3 Å². The van der Waals surface area contributed by atoms with Crippen LogP contribution in [0.2, 0.25) is 0 Å². The number of nitriles is 1. The van der Waals surface area contributed by atoms with Crippen molar-refractivity contribution in [2.75, 3.05) is 0 Å². The Bertz CT molecular complexity index is 1100. The monoisotopic (exact) mass is 412 g/mol. The molecule has 5 rings (SSSR count). The lowest BCUT2D eigenvalue weighted by atomic mass is 9.83. The van der Waals surface area contributed by atoms with Gasteiger partial charge in [-0.2, -0.15) is 5.26 Å². The highest BCUT2D eigenvalue weighted by atomic mass is 19.3. The first-order valence-corrected chi connectivity index (χ1v) is 9.90. The summed E-state index contributed by atoms with van der Waals surface area (Å²) in [5, 5.41) is 9.05. The lowest BCUT2D eigenvalue weighted by Crippen LogP contribution is -2.43. The van der Waals surface area contributed by atoms with E-state index in [-0.39, 0.29) is 17.5 Å². The average molecular weight is 412 g/mol. The minimum Gasteiger partial charge on any atom is -0.462 e. The van der Waals surface area contributed by atoms with Crippen LogP contribution in [0.15, 0.2) is 35.5 Å². The molecule has 2 heterocycles. The lowest BCUT2D eigenvalue weighted by molar-refractivity contribution is 0.0176. The maximum absolute atomic E-state index is 14.8. The number of hydrogen-bond acceptors (Lipinski definition) is 5. The number of ether oxygens (including phenoxy) is 1. The molecule has 154 valence electrons. The maximum atomic E-state index is 14.8. The number of hydrogen-bond donors (Lipinski definition) is 1. The fourth-order valence-corrected chi connectivity index (χ4v) is 4.91. The molecule has 5 nitrogen and oxygen atoms in total. The summed E-state index contributed by atoms with van der Waals surface area (Å²) in [7, 11) is 0. The van der Waals surface area contributed by atoms with Crippen molar-refractivity contribution in [1.82, 2.24) is 4.98 Å². The Morgan fingerprint density at radius 2 is 2.17 bits per heavy atom. The average Bonchev–Trinajstić information content (AvgIpc) is 3.41. The standard InChI is InChI=1S/C22H19F3N4O/c23-17-4-1-11(5-13-2-3-14-6-12(9-26)10-28-19(13)14)7-15(17)22(20(24)25)16-8-18(16)30-21(27)29-22/h1,4,6-7,10,13,16,18,20H,2-3,5,8H2,(H2,27,29)/t13-,16-,18+,22+/m0/s1. The van der Waals surface area contributed by atoms with Crippen LogP contribution in [-0.2, 0) is 23.1 Å². The second-order valence-corrected chi connectivity index (χ2v) is 8.21. The molecule has 0 saturated heterocycles. The van der Waals surface area contributed by atoms with Gasteiger partial charge in [0.1, 0.15) is 18.0 Å². The predicted octanol–water partition coefficient (Wildman–Crippen LogP) is 3.56. The molecule has 4 atom stereocenters. The van der Waals surface area contributed by atoms with Crippen LogP contribution in [0.4, 0.5) is 13.2 Å². The van der Waals surface area contributed by atoms with E-state index in [0.29, 0.717) is 18.4 Å². The highest BCUT2D eigenvalue weighted by Gasteiger charge is 2.64. The third-order valence-corrected chi connectivity index (χ3v) is 6.42. The predicted molar refractivity (Wildman–Crippen MR) is 102 cm³/mol. The minimum absolute atomic E-state index is 0.0884. The van der Waals surface area contributed by atoms with Gasteiger partial charge in [0.05, 0.1) is 5.56 Å². The van der Waals surface area contributed by atoms with Crippen LogP contribution in [0.25, 0.3) is 0 Å². The smallest absolute Gasteiger partial charge is 0.283 e. The zero-order valence-corrected chi connectivity index (χ0v) is 16.0. The van der Waals surface area contributed by atoms with E-state index in [9.17, 15) is 13.2 Å². The van der Waals surface area contributed by atoms with Crippen molar-refractivity contribution in [2.24, 2.45) is 16.6 Å². The van der Waals surface area contributed by atoms with Gasteiger partial charge in [0.25, 0.3) is 12.4 Å². The summed E-state index contributed by atoms with van der Waals surface area (Å²) >= 11 is 0. The van der Waals surface area contributed by atoms with Gasteiger partial charge in [-0.25, -0.2) is 18.2 Å². The Balaban J connectivity index is 1.50. The molecule has 0 unspecified atom stereocenters. The maximum Gasteiger partial charge on any atom is 0.283 e. The van der Waals surface area contributed by atoms with Gasteiger partial charge in [-0.15, -0.1) is 0 Å². The minimum atomic E-state index is -2.90. The number of nitrogens with two attached hydrogens (primary N) is 1. The molecule has 30 heavy (non-hydrogen) atoms. The number of aromatic nitrogens is 1. The molecule has 0 radical (unpaired) electrons. The number of aliphatic imine (C=N–C) groups is 1. The quantitative estimate of drug-likeness (QED) is 0.832. The fraction of sp³-hybridized carbons (Fsp3) is 0.409. The zero-order chi connectivity index (χ0) is 21.0. The van der Waals surface area contributed by atoms with Gasteiger partial charge in [0, 0.05) is 29.3 Å². The van der Waals surface area contributed by atoms with Crippen molar-refractivity contribution < 1.29 is 17.9 Å². The van der Waals surface area contributed by atoms with E-state index in [1.807, 2.05) is 6.07 Å². The molecule has 8 heteroatoms. The molecular formula is C22H19F3N4O. The van der Waals surface area contributed by atoms with Crippen LogP contribution in [0.1, 0.15) is 46.7 Å². The summed E-state index contributed by atoms with van der Waals surface area (Å²) in [6.07, 6.45) is 0.762. The van der Waals surface area contributed by atoms with Crippen molar-refractivity contribution in [3.05, 3.63) is 64.2 Å². The Hall–Kier alpha value is -3.08.